The van der Waals surface area contributed by atoms with E-state index in [1.54, 1.807) is 0 Å². The number of nitrogens with zero attached hydrogens (tertiary/aromatic N) is 1. The maximum Gasteiger partial charge on any atom is 0.177 e. The smallest absolute Gasteiger partial charge is 0.177 e. The molecule has 0 aromatic carbocycles. The third-order valence-corrected chi connectivity index (χ3v) is 3.55. The molecule has 2 atom stereocenters. The Morgan fingerprint density at radius 2 is 2.54 bits per heavy atom. The number of hydrogen-bond donors (Lipinski definition) is 0. The van der Waals surface area contributed by atoms with Gasteiger partial charge < -0.3 is 0 Å². The van der Waals surface area contributed by atoms with Gasteiger partial charge in [0.15, 0.2) is 5.78 Å². The minimum Gasteiger partial charge on any atom is -0.293 e. The first-order chi connectivity index (χ1) is 6.22. The molecule has 1 aromatic heterocycles. The number of hydrogen-bond acceptors (Lipinski definition) is 3. The Hall–Kier alpha value is -0.700. The van der Waals surface area contributed by atoms with Crippen LogP contribution in [0.3, 0.4) is 0 Å². The Bertz CT molecular complexity index is 331. The van der Waals surface area contributed by atoms with Crippen LogP contribution in [-0.2, 0) is 0 Å². The van der Waals surface area contributed by atoms with Crippen molar-refractivity contribution < 1.29 is 4.79 Å². The van der Waals surface area contributed by atoms with E-state index in [-0.39, 0.29) is 0 Å². The van der Waals surface area contributed by atoms with Crippen LogP contribution < -0.4 is 0 Å². The van der Waals surface area contributed by atoms with Crippen LogP contribution >= 0.6 is 11.5 Å². The molecule has 0 bridgehead atoms. The second-order valence-corrected chi connectivity index (χ2v) is 4.51. The summed E-state index contributed by atoms with van der Waals surface area (Å²) in [5.74, 6) is 1.28. The van der Waals surface area contributed by atoms with E-state index in [4.69, 9.17) is 0 Å². The summed E-state index contributed by atoms with van der Waals surface area (Å²) in [5, 5.41) is 0. The van der Waals surface area contributed by atoms with Gasteiger partial charge in [0.25, 0.3) is 0 Å². The van der Waals surface area contributed by atoms with Crippen LogP contribution in [0.25, 0.3) is 0 Å². The van der Waals surface area contributed by atoms with Gasteiger partial charge in [0.2, 0.25) is 0 Å². The first-order valence-electron chi connectivity index (χ1n) is 4.70. The van der Waals surface area contributed by atoms with Crippen LogP contribution in [0.2, 0.25) is 0 Å². The van der Waals surface area contributed by atoms with E-state index in [0.717, 1.165) is 23.4 Å². The van der Waals surface area contributed by atoms with Gasteiger partial charge in [-0.1, -0.05) is 13.3 Å². The third kappa shape index (κ3) is 1.66. The first kappa shape index (κ1) is 8.88. The molecule has 2 nitrogen and oxygen atoms in total. The van der Waals surface area contributed by atoms with Crippen molar-refractivity contribution in [2.75, 3.05) is 0 Å². The van der Waals surface area contributed by atoms with Crippen molar-refractivity contribution in [3.63, 3.8) is 0 Å². The van der Waals surface area contributed by atoms with E-state index in [1.807, 2.05) is 13.0 Å². The van der Waals surface area contributed by atoms with E-state index >= 15 is 0 Å². The average molecular weight is 195 g/mol. The molecular formula is C10H13NOS. The zero-order valence-corrected chi connectivity index (χ0v) is 8.73. The minimum atomic E-state index is 0.310. The summed E-state index contributed by atoms with van der Waals surface area (Å²) in [6.45, 7) is 4.08. The molecule has 13 heavy (non-hydrogen) atoms. The molecule has 3 heteroatoms. The molecule has 0 spiro atoms. The number of aromatic nitrogens is 1. The highest BCUT2D eigenvalue weighted by Crippen LogP contribution is 2.43. The van der Waals surface area contributed by atoms with Crippen molar-refractivity contribution in [2.45, 2.75) is 26.7 Å². The van der Waals surface area contributed by atoms with Gasteiger partial charge in [0.1, 0.15) is 0 Å². The molecule has 1 saturated carbocycles. The molecule has 0 aliphatic heterocycles. The minimum absolute atomic E-state index is 0.310. The van der Waals surface area contributed by atoms with Gasteiger partial charge >= 0.3 is 0 Å². The molecule has 1 aliphatic rings. The summed E-state index contributed by atoms with van der Waals surface area (Å²) < 4.78 is 4.12. The largest absolute Gasteiger partial charge is 0.293 e. The van der Waals surface area contributed by atoms with E-state index < -0.39 is 0 Å². The van der Waals surface area contributed by atoms with Crippen molar-refractivity contribution in [1.82, 2.24) is 4.37 Å². The number of carbonyl (C=O) groups is 1. The molecule has 0 radical (unpaired) electrons. The zero-order valence-electron chi connectivity index (χ0n) is 7.91. The Labute approximate surface area is 82.1 Å². The summed E-state index contributed by atoms with van der Waals surface area (Å²) in [6, 6.07) is 1.90. The monoisotopic (exact) mass is 195 g/mol. The summed E-state index contributed by atoms with van der Waals surface area (Å²) in [4.78, 5) is 12.6. The van der Waals surface area contributed by atoms with Crippen molar-refractivity contribution in [3.05, 3.63) is 16.6 Å². The summed E-state index contributed by atoms with van der Waals surface area (Å²) in [5.41, 5.74) is 0.960. The second kappa shape index (κ2) is 3.22. The molecule has 0 saturated heterocycles. The summed E-state index contributed by atoms with van der Waals surface area (Å²) >= 11 is 1.34. The third-order valence-electron chi connectivity index (χ3n) is 2.65. The summed E-state index contributed by atoms with van der Waals surface area (Å²) in [6.07, 6.45) is 2.22. The quantitative estimate of drug-likeness (QED) is 0.694. The number of ketones is 1. The highest BCUT2D eigenvalue weighted by molar-refractivity contribution is 7.08. The Morgan fingerprint density at radius 1 is 1.77 bits per heavy atom. The standard InChI is InChI=1S/C10H13NOS/c1-3-7-5-8(7)10(12)9-4-6(2)11-13-9/h4,7-8H,3,5H2,1-2H3/t7-,8-/m1/s1. The van der Waals surface area contributed by atoms with Gasteiger partial charge in [-0.15, -0.1) is 0 Å². The zero-order chi connectivity index (χ0) is 9.42. The van der Waals surface area contributed by atoms with E-state index in [9.17, 15) is 4.79 Å². The Balaban J connectivity index is 2.07. The maximum absolute atomic E-state index is 11.8. The van der Waals surface area contributed by atoms with Gasteiger partial charge in [0.05, 0.1) is 10.6 Å². The van der Waals surface area contributed by atoms with Gasteiger partial charge in [0, 0.05) is 5.92 Å². The van der Waals surface area contributed by atoms with Gasteiger partial charge in [-0.2, -0.15) is 4.37 Å². The van der Waals surface area contributed by atoms with Crippen molar-refractivity contribution in [3.8, 4) is 0 Å². The first-order valence-corrected chi connectivity index (χ1v) is 5.47. The topological polar surface area (TPSA) is 30.0 Å². The van der Waals surface area contributed by atoms with Crippen LogP contribution in [0, 0.1) is 18.8 Å². The fourth-order valence-corrected chi connectivity index (χ4v) is 2.44. The van der Waals surface area contributed by atoms with Crippen LogP contribution in [0.5, 0.6) is 0 Å². The van der Waals surface area contributed by atoms with Crippen molar-refractivity contribution in [1.29, 1.82) is 0 Å². The van der Waals surface area contributed by atoms with Crippen LogP contribution in [0.1, 0.15) is 35.1 Å². The predicted molar refractivity (Wildman–Crippen MR) is 53.1 cm³/mol. The van der Waals surface area contributed by atoms with E-state index in [1.165, 1.54) is 11.5 Å². The molecule has 2 rings (SSSR count). The molecular weight excluding hydrogens is 182 g/mol. The van der Waals surface area contributed by atoms with Crippen LogP contribution in [-0.4, -0.2) is 10.2 Å². The van der Waals surface area contributed by atoms with Crippen molar-refractivity contribution >= 4 is 17.3 Å². The SMILES string of the molecule is CC[C@@H]1C[C@H]1C(=O)c1cc(C)ns1. The van der Waals surface area contributed by atoms with Gasteiger partial charge in [-0.3, -0.25) is 4.79 Å². The maximum atomic E-state index is 11.8. The number of Topliss-reactive ketones (excluding diaryl/α,β-unsaturated/α-hetero) is 1. The molecule has 1 aliphatic carbocycles. The lowest BCUT2D eigenvalue weighted by Crippen LogP contribution is -2.00. The van der Waals surface area contributed by atoms with E-state index in [2.05, 4.69) is 11.3 Å². The summed E-state index contributed by atoms with van der Waals surface area (Å²) in [7, 11) is 0. The fraction of sp³-hybridized carbons (Fsp3) is 0.600. The van der Waals surface area contributed by atoms with Crippen molar-refractivity contribution in [2.24, 2.45) is 11.8 Å². The Morgan fingerprint density at radius 3 is 3.00 bits per heavy atom. The number of rotatable bonds is 3. The van der Waals surface area contributed by atoms with E-state index in [0.29, 0.717) is 17.6 Å². The predicted octanol–water partition coefficient (Wildman–Crippen LogP) is 2.68. The fourth-order valence-electron chi connectivity index (χ4n) is 1.68. The molecule has 0 N–H and O–H groups in total. The number of carbonyl (C=O) groups excluding carboxylic acids is 1. The molecule has 0 amide bonds. The highest BCUT2D eigenvalue weighted by Gasteiger charge is 2.42. The highest BCUT2D eigenvalue weighted by atomic mass is 32.1. The Kier molecular flexibility index (Phi) is 2.20. The number of aryl methyl sites for hydroxylation is 1. The molecule has 0 unspecified atom stereocenters. The normalized spacial score (nSPS) is 26.0. The average Bonchev–Trinajstić information content (AvgIpc) is 2.80. The lowest BCUT2D eigenvalue weighted by atomic mass is 10.1. The second-order valence-electron chi connectivity index (χ2n) is 3.71. The molecule has 70 valence electrons. The molecule has 1 fully saturated rings. The van der Waals surface area contributed by atoms with Crippen LogP contribution in [0.15, 0.2) is 6.07 Å². The van der Waals surface area contributed by atoms with Crippen LogP contribution in [0.4, 0.5) is 0 Å². The molecule has 1 heterocycles. The lowest BCUT2D eigenvalue weighted by molar-refractivity contribution is 0.0965. The lowest BCUT2D eigenvalue weighted by Gasteiger charge is -1.92. The van der Waals surface area contributed by atoms with Gasteiger partial charge in [-0.25, -0.2) is 0 Å². The van der Waals surface area contributed by atoms with Gasteiger partial charge in [-0.05, 0) is 36.9 Å². The molecule has 1 aromatic rings.